The van der Waals surface area contributed by atoms with Gasteiger partial charge in [-0.25, -0.2) is 4.79 Å². The molecule has 5 nitrogen and oxygen atoms in total. The Balaban J connectivity index is 1.97. The van der Waals surface area contributed by atoms with Gasteiger partial charge in [0, 0.05) is 23.5 Å². The third kappa shape index (κ3) is 3.71. The number of nitrogens with zero attached hydrogens (tertiary/aromatic N) is 1. The third-order valence-corrected chi connectivity index (χ3v) is 3.99. The Morgan fingerprint density at radius 3 is 2.52 bits per heavy atom. The van der Waals surface area contributed by atoms with Gasteiger partial charge in [0.2, 0.25) is 11.6 Å². The maximum absolute atomic E-state index is 13.9. The van der Waals surface area contributed by atoms with Gasteiger partial charge in [-0.3, -0.25) is 0 Å². The Morgan fingerprint density at radius 1 is 1.19 bits per heavy atom. The summed E-state index contributed by atoms with van der Waals surface area (Å²) in [6.45, 7) is 1.59. The maximum atomic E-state index is 13.9. The van der Waals surface area contributed by atoms with E-state index in [-0.39, 0.29) is 13.0 Å². The number of halogens is 4. The van der Waals surface area contributed by atoms with E-state index in [4.69, 9.17) is 4.74 Å². The van der Waals surface area contributed by atoms with Crippen LogP contribution in [-0.4, -0.2) is 28.6 Å². The van der Waals surface area contributed by atoms with Crippen LogP contribution in [-0.2, 0) is 16.0 Å². The maximum Gasteiger partial charge on any atom is 0.328 e. The van der Waals surface area contributed by atoms with Crippen LogP contribution in [0.15, 0.2) is 30.5 Å². The molecule has 1 atom stereocenters. The molecule has 1 unspecified atom stereocenters. The first-order chi connectivity index (χ1) is 12.9. The molecule has 0 fully saturated rings. The van der Waals surface area contributed by atoms with E-state index in [1.165, 1.54) is 0 Å². The summed E-state index contributed by atoms with van der Waals surface area (Å²) in [5.41, 5.74) is 0.346. The molecule has 0 aliphatic heterocycles. The number of aromatic nitrogens is 2. The normalized spacial score (nSPS) is 12.2. The number of anilines is 1. The van der Waals surface area contributed by atoms with Crippen molar-refractivity contribution in [3.63, 3.8) is 0 Å². The van der Waals surface area contributed by atoms with Crippen LogP contribution in [0.3, 0.4) is 0 Å². The number of pyridine rings is 1. The molecule has 0 spiro atoms. The van der Waals surface area contributed by atoms with E-state index in [1.54, 1.807) is 25.3 Å². The second kappa shape index (κ2) is 7.65. The quantitative estimate of drug-likeness (QED) is 0.388. The fourth-order valence-electron chi connectivity index (χ4n) is 2.74. The number of para-hydroxylation sites is 1. The van der Waals surface area contributed by atoms with E-state index >= 15 is 0 Å². The Labute approximate surface area is 151 Å². The molecule has 0 saturated carbocycles. The summed E-state index contributed by atoms with van der Waals surface area (Å²) in [5, 5.41) is 3.02. The van der Waals surface area contributed by atoms with E-state index in [9.17, 15) is 22.4 Å². The molecule has 2 N–H and O–H groups in total. The highest BCUT2D eigenvalue weighted by Crippen LogP contribution is 2.25. The van der Waals surface area contributed by atoms with Crippen molar-refractivity contribution in [1.82, 2.24) is 9.97 Å². The third-order valence-electron chi connectivity index (χ3n) is 3.99. The summed E-state index contributed by atoms with van der Waals surface area (Å²) >= 11 is 0. The molecule has 2 heterocycles. The Bertz CT molecular complexity index is 964. The first-order valence-electron chi connectivity index (χ1n) is 8.10. The van der Waals surface area contributed by atoms with E-state index in [1.807, 2.05) is 12.1 Å². The number of carbonyl (C=O) groups is 1. The van der Waals surface area contributed by atoms with Gasteiger partial charge in [-0.2, -0.15) is 22.5 Å². The number of nitrogens with one attached hydrogen (secondary N) is 2. The second-order valence-electron chi connectivity index (χ2n) is 5.71. The number of esters is 1. The number of ether oxygens (including phenoxy) is 1. The number of rotatable bonds is 6. The number of aromatic amines is 1. The van der Waals surface area contributed by atoms with Gasteiger partial charge in [-0.05, 0) is 18.6 Å². The molecule has 1 aromatic carbocycles. The Hall–Kier alpha value is -3.10. The molecule has 9 heteroatoms. The van der Waals surface area contributed by atoms with Gasteiger partial charge >= 0.3 is 5.97 Å². The van der Waals surface area contributed by atoms with Crippen LogP contribution in [0.5, 0.6) is 0 Å². The lowest BCUT2D eigenvalue weighted by Gasteiger charge is -2.19. The van der Waals surface area contributed by atoms with Crippen molar-refractivity contribution >= 4 is 22.6 Å². The molecule has 3 rings (SSSR count). The molecule has 0 radical (unpaired) electrons. The van der Waals surface area contributed by atoms with E-state index in [0.29, 0.717) is 5.56 Å². The molecular formula is C18H15F4N3O2. The minimum absolute atomic E-state index is 0.0227. The molecule has 142 valence electrons. The van der Waals surface area contributed by atoms with Gasteiger partial charge in [0.15, 0.2) is 0 Å². The van der Waals surface area contributed by atoms with E-state index in [2.05, 4.69) is 15.3 Å². The molecule has 0 amide bonds. The topological polar surface area (TPSA) is 67.0 Å². The average molecular weight is 381 g/mol. The zero-order valence-corrected chi connectivity index (χ0v) is 14.2. The zero-order valence-electron chi connectivity index (χ0n) is 14.2. The van der Waals surface area contributed by atoms with E-state index < -0.39 is 41.2 Å². The van der Waals surface area contributed by atoms with Crippen LogP contribution >= 0.6 is 0 Å². The Kier molecular flexibility index (Phi) is 5.29. The standard InChI is InChI=1S/C18H15F4N3O2/c1-2-27-18(26)12(7-9-8-23-11-6-4-3-5-10(9)11)24-15-13(19)16(21)25-17(22)14(15)20/h3-6,8,12,23H,2,7H2,1H3,(H,24,25). The van der Waals surface area contributed by atoms with Crippen molar-refractivity contribution in [1.29, 1.82) is 0 Å². The summed E-state index contributed by atoms with van der Waals surface area (Å²) < 4.78 is 59.5. The lowest BCUT2D eigenvalue weighted by atomic mass is 10.0. The minimum atomic E-state index is -1.81. The van der Waals surface area contributed by atoms with Gasteiger partial charge in [-0.15, -0.1) is 0 Å². The van der Waals surface area contributed by atoms with Gasteiger partial charge in [0.1, 0.15) is 11.7 Å². The number of hydrogen-bond acceptors (Lipinski definition) is 4. The minimum Gasteiger partial charge on any atom is -0.464 e. The van der Waals surface area contributed by atoms with Crippen LogP contribution in [0.2, 0.25) is 0 Å². The van der Waals surface area contributed by atoms with Gasteiger partial charge in [-0.1, -0.05) is 18.2 Å². The molecule has 0 aliphatic rings. The fraction of sp³-hybridized carbons (Fsp3) is 0.222. The lowest BCUT2D eigenvalue weighted by Crippen LogP contribution is -2.34. The predicted octanol–water partition coefficient (Wildman–Crippen LogP) is 3.71. The van der Waals surface area contributed by atoms with Crippen LogP contribution in [0.1, 0.15) is 12.5 Å². The highest BCUT2D eigenvalue weighted by molar-refractivity contribution is 5.85. The van der Waals surface area contributed by atoms with E-state index in [0.717, 1.165) is 10.9 Å². The van der Waals surface area contributed by atoms with Crippen molar-refractivity contribution in [2.75, 3.05) is 11.9 Å². The first kappa shape index (κ1) is 18.7. The predicted molar refractivity (Wildman–Crippen MR) is 90.1 cm³/mol. The zero-order chi connectivity index (χ0) is 19.6. The lowest BCUT2D eigenvalue weighted by molar-refractivity contribution is -0.144. The van der Waals surface area contributed by atoms with Crippen molar-refractivity contribution < 1.29 is 27.1 Å². The average Bonchev–Trinajstić information content (AvgIpc) is 3.06. The monoisotopic (exact) mass is 381 g/mol. The van der Waals surface area contributed by atoms with Crippen LogP contribution in [0.4, 0.5) is 23.2 Å². The van der Waals surface area contributed by atoms with Crippen LogP contribution in [0.25, 0.3) is 10.9 Å². The SMILES string of the molecule is CCOC(=O)C(Cc1c[nH]c2ccccc12)Nc1c(F)c(F)nc(F)c1F. The van der Waals surface area contributed by atoms with Gasteiger partial charge in [0.05, 0.1) is 6.61 Å². The smallest absolute Gasteiger partial charge is 0.328 e. The second-order valence-corrected chi connectivity index (χ2v) is 5.71. The largest absolute Gasteiger partial charge is 0.464 e. The summed E-state index contributed by atoms with van der Waals surface area (Å²) in [7, 11) is 0. The number of carbonyl (C=O) groups excluding carboxylic acids is 1. The number of hydrogen-bond donors (Lipinski definition) is 2. The van der Waals surface area contributed by atoms with Crippen molar-refractivity contribution in [2.45, 2.75) is 19.4 Å². The van der Waals surface area contributed by atoms with Crippen molar-refractivity contribution in [3.05, 3.63) is 59.6 Å². The molecule has 0 bridgehead atoms. The molecule has 27 heavy (non-hydrogen) atoms. The number of H-pyrrole nitrogens is 1. The Morgan fingerprint density at radius 2 is 1.85 bits per heavy atom. The van der Waals surface area contributed by atoms with Gasteiger partial charge < -0.3 is 15.0 Å². The highest BCUT2D eigenvalue weighted by atomic mass is 19.2. The number of benzene rings is 1. The summed E-state index contributed by atoms with van der Waals surface area (Å²) in [6, 6.07) is 5.94. The molecule has 0 saturated heterocycles. The molecule has 2 aromatic heterocycles. The molecular weight excluding hydrogens is 366 g/mol. The molecule has 3 aromatic rings. The summed E-state index contributed by atoms with van der Waals surface area (Å²) in [5.74, 6) is -7.89. The van der Waals surface area contributed by atoms with Crippen molar-refractivity contribution in [2.24, 2.45) is 0 Å². The number of fused-ring (bicyclic) bond motifs is 1. The van der Waals surface area contributed by atoms with Crippen molar-refractivity contribution in [3.8, 4) is 0 Å². The summed E-state index contributed by atoms with van der Waals surface area (Å²) in [6.07, 6.45) is 1.60. The fourth-order valence-corrected chi connectivity index (χ4v) is 2.74. The molecule has 0 aliphatic carbocycles. The highest BCUT2D eigenvalue weighted by Gasteiger charge is 2.28. The first-order valence-corrected chi connectivity index (χ1v) is 8.10. The summed E-state index contributed by atoms with van der Waals surface area (Å²) in [4.78, 5) is 17.8. The van der Waals surface area contributed by atoms with Crippen LogP contribution < -0.4 is 5.32 Å². The van der Waals surface area contributed by atoms with Crippen LogP contribution in [0, 0.1) is 23.5 Å². The van der Waals surface area contributed by atoms with Gasteiger partial charge in [0.25, 0.3) is 11.9 Å².